The molecule has 0 unspecified atom stereocenters. The first-order valence-electron chi connectivity index (χ1n) is 7.44. The first-order valence-corrected chi connectivity index (χ1v) is 8.20. The highest BCUT2D eigenvalue weighted by Crippen LogP contribution is 2.42. The first-order chi connectivity index (χ1) is 12.2. The van der Waals surface area contributed by atoms with Crippen molar-refractivity contribution in [3.05, 3.63) is 33.5 Å². The van der Waals surface area contributed by atoms with Crippen molar-refractivity contribution in [2.45, 2.75) is 25.7 Å². The zero-order valence-corrected chi connectivity index (χ0v) is 16.1. The number of carbonyl (C=O) groups excluding carboxylic acids is 2. The number of rotatable bonds is 3. The van der Waals surface area contributed by atoms with E-state index in [0.717, 1.165) is 17.0 Å². The zero-order chi connectivity index (χ0) is 20.7. The van der Waals surface area contributed by atoms with Crippen LogP contribution >= 0.6 is 23.2 Å². The lowest BCUT2D eigenvalue weighted by atomic mass is 9.99. The second kappa shape index (κ2) is 7.12. The number of alkyl halides is 3. The number of nitrogens with zero attached hydrogens (tertiary/aromatic N) is 1. The van der Waals surface area contributed by atoms with Crippen molar-refractivity contribution < 1.29 is 32.2 Å². The number of carbonyl (C=O) groups is 2. The van der Waals surface area contributed by atoms with Crippen LogP contribution in [-0.2, 0) is 9.53 Å². The van der Waals surface area contributed by atoms with E-state index in [1.54, 1.807) is 13.8 Å². The molecular weight excluding hydrogens is 412 g/mol. The maximum absolute atomic E-state index is 12.5. The summed E-state index contributed by atoms with van der Waals surface area (Å²) >= 11 is 12.1. The molecule has 0 spiro atoms. The van der Waals surface area contributed by atoms with Gasteiger partial charge in [0.25, 0.3) is 5.91 Å². The Hall–Kier alpha value is -2.13. The van der Waals surface area contributed by atoms with Crippen molar-refractivity contribution >= 4 is 40.8 Å². The SMILES string of the molecule is CN(C)C(=O)OC1=C(c2c(Cl)cc(OC(F)(F)F)cc2Cl)C(=O)NC1(C)C. The van der Waals surface area contributed by atoms with Gasteiger partial charge >= 0.3 is 12.5 Å². The monoisotopic (exact) mass is 426 g/mol. The number of benzene rings is 1. The first kappa shape index (κ1) is 21.2. The quantitative estimate of drug-likeness (QED) is 0.785. The maximum Gasteiger partial charge on any atom is 0.573 e. The van der Waals surface area contributed by atoms with Gasteiger partial charge in [-0.15, -0.1) is 13.2 Å². The molecule has 0 aliphatic carbocycles. The van der Waals surface area contributed by atoms with Crippen LogP contribution in [0, 0.1) is 0 Å². The van der Waals surface area contributed by atoms with Gasteiger partial charge in [-0.3, -0.25) is 4.79 Å². The number of amides is 2. The van der Waals surface area contributed by atoms with Crippen molar-refractivity contribution in [1.29, 1.82) is 0 Å². The molecule has 0 radical (unpaired) electrons. The van der Waals surface area contributed by atoms with Gasteiger partial charge in [0, 0.05) is 19.7 Å². The molecule has 0 atom stereocenters. The average molecular weight is 427 g/mol. The van der Waals surface area contributed by atoms with E-state index in [0.29, 0.717) is 0 Å². The van der Waals surface area contributed by atoms with Crippen molar-refractivity contribution in [3.8, 4) is 5.75 Å². The third-order valence-electron chi connectivity index (χ3n) is 3.50. The molecule has 0 saturated heterocycles. The minimum atomic E-state index is -4.94. The van der Waals surface area contributed by atoms with Gasteiger partial charge in [-0.05, 0) is 26.0 Å². The summed E-state index contributed by atoms with van der Waals surface area (Å²) in [6.45, 7) is 3.16. The maximum atomic E-state index is 12.5. The molecule has 2 amide bonds. The van der Waals surface area contributed by atoms with Gasteiger partial charge in [0.05, 0.1) is 21.2 Å². The summed E-state index contributed by atoms with van der Waals surface area (Å²) in [5, 5.41) is 2.06. The van der Waals surface area contributed by atoms with E-state index in [1.165, 1.54) is 14.1 Å². The summed E-state index contributed by atoms with van der Waals surface area (Å²) in [5.41, 5.74) is -1.30. The lowest BCUT2D eigenvalue weighted by molar-refractivity contribution is -0.274. The summed E-state index contributed by atoms with van der Waals surface area (Å²) in [7, 11) is 2.89. The van der Waals surface area contributed by atoms with Crippen molar-refractivity contribution in [1.82, 2.24) is 10.2 Å². The molecular formula is C16H15Cl2F3N2O4. The molecule has 0 saturated carbocycles. The van der Waals surface area contributed by atoms with E-state index in [9.17, 15) is 22.8 Å². The predicted octanol–water partition coefficient (Wildman–Crippen LogP) is 4.21. The summed E-state index contributed by atoms with van der Waals surface area (Å²) in [5.74, 6) is -1.35. The minimum Gasteiger partial charge on any atom is -0.411 e. The average Bonchev–Trinajstić information content (AvgIpc) is 2.66. The van der Waals surface area contributed by atoms with E-state index in [2.05, 4.69) is 10.1 Å². The molecule has 1 aromatic rings. The normalized spacial score (nSPS) is 16.3. The number of halogens is 5. The van der Waals surface area contributed by atoms with Crippen molar-refractivity contribution in [3.63, 3.8) is 0 Å². The van der Waals surface area contributed by atoms with Crippen LogP contribution in [0.5, 0.6) is 5.75 Å². The molecule has 0 bridgehead atoms. The molecule has 1 aliphatic heterocycles. The molecule has 148 valence electrons. The molecule has 1 heterocycles. The smallest absolute Gasteiger partial charge is 0.411 e. The van der Waals surface area contributed by atoms with E-state index in [1.807, 2.05) is 0 Å². The highest BCUT2D eigenvalue weighted by atomic mass is 35.5. The van der Waals surface area contributed by atoms with Gasteiger partial charge in [0.1, 0.15) is 11.5 Å². The Morgan fingerprint density at radius 3 is 2.15 bits per heavy atom. The Bertz CT molecular complexity index is 812. The highest BCUT2D eigenvalue weighted by molar-refractivity contribution is 6.41. The fraction of sp³-hybridized carbons (Fsp3) is 0.375. The molecule has 27 heavy (non-hydrogen) atoms. The molecule has 1 N–H and O–H groups in total. The van der Waals surface area contributed by atoms with Crippen molar-refractivity contribution in [2.24, 2.45) is 0 Å². The Morgan fingerprint density at radius 2 is 1.70 bits per heavy atom. The fourth-order valence-corrected chi connectivity index (χ4v) is 3.04. The summed E-state index contributed by atoms with van der Waals surface area (Å²) in [6, 6.07) is 1.74. The fourth-order valence-electron chi connectivity index (χ4n) is 2.38. The van der Waals surface area contributed by atoms with Crippen LogP contribution in [0.15, 0.2) is 17.9 Å². The second-order valence-corrected chi connectivity index (χ2v) is 7.17. The van der Waals surface area contributed by atoms with Crippen LogP contribution < -0.4 is 10.1 Å². The van der Waals surface area contributed by atoms with Crippen LogP contribution in [0.2, 0.25) is 10.0 Å². The van der Waals surface area contributed by atoms with E-state index in [4.69, 9.17) is 27.9 Å². The largest absolute Gasteiger partial charge is 0.573 e. The molecule has 0 aromatic heterocycles. The van der Waals surface area contributed by atoms with Crippen molar-refractivity contribution in [2.75, 3.05) is 14.1 Å². The molecule has 2 rings (SSSR count). The van der Waals surface area contributed by atoms with E-state index < -0.39 is 29.7 Å². The van der Waals surface area contributed by atoms with Gasteiger partial charge in [0.15, 0.2) is 0 Å². The van der Waals surface area contributed by atoms with Gasteiger partial charge in [-0.2, -0.15) is 0 Å². The van der Waals surface area contributed by atoms with Gasteiger partial charge < -0.3 is 19.7 Å². The lowest BCUT2D eigenvalue weighted by Crippen LogP contribution is -2.40. The number of hydrogen-bond donors (Lipinski definition) is 1. The molecule has 11 heteroatoms. The van der Waals surface area contributed by atoms with E-state index in [-0.39, 0.29) is 26.9 Å². The predicted molar refractivity (Wildman–Crippen MR) is 92.5 cm³/mol. The summed E-state index contributed by atoms with van der Waals surface area (Å²) < 4.78 is 46.3. The third-order valence-corrected chi connectivity index (χ3v) is 4.10. The topological polar surface area (TPSA) is 67.9 Å². The molecule has 1 aromatic carbocycles. The summed E-state index contributed by atoms with van der Waals surface area (Å²) in [4.78, 5) is 25.6. The zero-order valence-electron chi connectivity index (χ0n) is 14.6. The van der Waals surface area contributed by atoms with Gasteiger partial charge in [-0.1, -0.05) is 23.2 Å². The van der Waals surface area contributed by atoms with Crippen LogP contribution in [-0.4, -0.2) is 42.9 Å². The number of ether oxygens (including phenoxy) is 2. The Labute approximate surface area is 162 Å². The van der Waals surface area contributed by atoms with Crippen LogP contribution in [0.3, 0.4) is 0 Å². The van der Waals surface area contributed by atoms with Gasteiger partial charge in [0.2, 0.25) is 0 Å². The molecule has 0 fully saturated rings. The Morgan fingerprint density at radius 1 is 1.19 bits per heavy atom. The third kappa shape index (κ3) is 4.59. The van der Waals surface area contributed by atoms with Gasteiger partial charge in [-0.25, -0.2) is 4.79 Å². The Kier molecular flexibility index (Phi) is 5.58. The summed E-state index contributed by atoms with van der Waals surface area (Å²) in [6.07, 6.45) is -5.69. The highest BCUT2D eigenvalue weighted by Gasteiger charge is 2.43. The standard InChI is InChI=1S/C16H15Cl2F3N2O4/c1-15(2)12(26-14(25)23(3)4)11(13(24)22-15)10-8(17)5-7(6-9(10)18)27-16(19,20)21/h5-6H,1-4H3,(H,22,24). The van der Waals surface area contributed by atoms with Crippen LogP contribution in [0.1, 0.15) is 19.4 Å². The second-order valence-electron chi connectivity index (χ2n) is 6.36. The molecule has 1 aliphatic rings. The molecule has 6 nitrogen and oxygen atoms in total. The minimum absolute atomic E-state index is 0.0560. The van der Waals surface area contributed by atoms with Crippen LogP contribution in [0.25, 0.3) is 5.57 Å². The number of nitrogens with one attached hydrogen (secondary N) is 1. The van der Waals surface area contributed by atoms with E-state index >= 15 is 0 Å². The lowest BCUT2D eigenvalue weighted by Gasteiger charge is -2.23. The Balaban J connectivity index is 2.61. The van der Waals surface area contributed by atoms with Crippen LogP contribution in [0.4, 0.5) is 18.0 Å². The number of hydrogen-bond acceptors (Lipinski definition) is 4.